The molecule has 4 aromatic rings. The van der Waals surface area contributed by atoms with Crippen LogP contribution in [0.25, 0.3) is 21.1 Å². The molecule has 0 atom stereocenters. The Morgan fingerprint density at radius 2 is 1.89 bits per heavy atom. The second-order valence-electron chi connectivity index (χ2n) is 6.38. The Bertz CT molecular complexity index is 1230. The fourth-order valence-corrected chi connectivity index (χ4v) is 3.97. The summed E-state index contributed by atoms with van der Waals surface area (Å²) < 4.78 is 39.5. The third-order valence-electron chi connectivity index (χ3n) is 4.36. The van der Waals surface area contributed by atoms with Crippen molar-refractivity contribution in [1.29, 1.82) is 0 Å². The van der Waals surface area contributed by atoms with Crippen molar-refractivity contribution in [2.24, 2.45) is 0 Å². The smallest absolute Gasteiger partial charge is 0.397 e. The Morgan fingerprint density at radius 3 is 2.64 bits per heavy atom. The second kappa shape index (κ2) is 6.49. The third-order valence-corrected chi connectivity index (χ3v) is 5.47. The van der Waals surface area contributed by atoms with Crippen LogP contribution in [0.3, 0.4) is 0 Å². The number of alkyl halides is 3. The number of nitrogens with zero attached hydrogens (tertiary/aromatic N) is 1. The van der Waals surface area contributed by atoms with Gasteiger partial charge >= 0.3 is 6.18 Å². The SMILES string of the molecule is Cc1ccc2cc3c(N)c(C(=O)Nc4ccccc4C(F)(F)F)sc3nc2c1. The summed E-state index contributed by atoms with van der Waals surface area (Å²) in [6, 6.07) is 12.4. The number of para-hydroxylation sites is 1. The molecule has 2 aromatic carbocycles. The van der Waals surface area contributed by atoms with Gasteiger partial charge in [-0.3, -0.25) is 4.79 Å². The number of aromatic nitrogens is 1. The molecule has 0 unspecified atom stereocenters. The van der Waals surface area contributed by atoms with E-state index in [1.807, 2.05) is 31.2 Å². The molecule has 28 heavy (non-hydrogen) atoms. The highest BCUT2D eigenvalue weighted by Gasteiger charge is 2.34. The van der Waals surface area contributed by atoms with Gasteiger partial charge in [-0.25, -0.2) is 4.98 Å². The lowest BCUT2D eigenvalue weighted by molar-refractivity contribution is -0.136. The summed E-state index contributed by atoms with van der Waals surface area (Å²) in [7, 11) is 0. The molecule has 4 rings (SSSR count). The van der Waals surface area contributed by atoms with Crippen molar-refractivity contribution in [2.75, 3.05) is 11.1 Å². The van der Waals surface area contributed by atoms with Crippen LogP contribution in [0.1, 0.15) is 20.8 Å². The molecule has 8 heteroatoms. The Labute approximate surface area is 161 Å². The van der Waals surface area contributed by atoms with Crippen molar-refractivity contribution in [1.82, 2.24) is 4.98 Å². The highest BCUT2D eigenvalue weighted by Crippen LogP contribution is 2.37. The molecule has 0 fully saturated rings. The summed E-state index contributed by atoms with van der Waals surface area (Å²) in [6.45, 7) is 1.95. The standard InChI is InChI=1S/C20H14F3N3OS/c1-10-6-7-11-9-12-16(24)17(28-19(12)26-15(11)8-10)18(27)25-14-5-3-2-4-13(14)20(21,22)23/h2-9H,24H2,1H3,(H,25,27). The third kappa shape index (κ3) is 3.16. The van der Waals surface area contributed by atoms with Crippen molar-refractivity contribution in [3.63, 3.8) is 0 Å². The molecule has 3 N–H and O–H groups in total. The van der Waals surface area contributed by atoms with E-state index < -0.39 is 17.6 Å². The van der Waals surface area contributed by atoms with Gasteiger partial charge in [0.15, 0.2) is 0 Å². The molecule has 0 aliphatic rings. The van der Waals surface area contributed by atoms with Gasteiger partial charge in [0.2, 0.25) is 0 Å². The molecule has 4 nitrogen and oxygen atoms in total. The summed E-state index contributed by atoms with van der Waals surface area (Å²) in [5.41, 5.74) is 6.92. The van der Waals surface area contributed by atoms with E-state index in [4.69, 9.17) is 5.73 Å². The largest absolute Gasteiger partial charge is 0.418 e. The van der Waals surface area contributed by atoms with Gasteiger partial charge in [0.25, 0.3) is 5.91 Å². The number of benzene rings is 2. The summed E-state index contributed by atoms with van der Waals surface area (Å²) in [5, 5.41) is 3.81. The Balaban J connectivity index is 1.76. The van der Waals surface area contributed by atoms with Gasteiger partial charge in [0.1, 0.15) is 9.71 Å². The first-order valence-electron chi connectivity index (χ1n) is 8.31. The van der Waals surface area contributed by atoms with Crippen molar-refractivity contribution in [3.05, 3.63) is 64.5 Å². The van der Waals surface area contributed by atoms with Crippen LogP contribution >= 0.6 is 11.3 Å². The van der Waals surface area contributed by atoms with Crippen LogP contribution < -0.4 is 11.1 Å². The molecule has 0 saturated heterocycles. The van der Waals surface area contributed by atoms with Crippen LogP contribution in [0.15, 0.2) is 48.5 Å². The Hall–Kier alpha value is -3.13. The fraction of sp³-hybridized carbons (Fsp3) is 0.100. The van der Waals surface area contributed by atoms with Gasteiger partial charge in [-0.2, -0.15) is 13.2 Å². The average Bonchev–Trinajstić information content (AvgIpc) is 2.95. The number of carbonyl (C=O) groups is 1. The number of pyridine rings is 1. The number of amides is 1. The lowest BCUT2D eigenvalue weighted by atomic mass is 10.1. The number of thiophene rings is 1. The number of nitrogen functional groups attached to an aromatic ring is 1. The first kappa shape index (κ1) is 18.2. The van der Waals surface area contributed by atoms with E-state index in [1.165, 1.54) is 18.2 Å². The van der Waals surface area contributed by atoms with Gasteiger partial charge < -0.3 is 11.1 Å². The maximum Gasteiger partial charge on any atom is 0.418 e. The van der Waals surface area contributed by atoms with Crippen LogP contribution in [0.4, 0.5) is 24.5 Å². The van der Waals surface area contributed by atoms with Crippen LogP contribution in [-0.4, -0.2) is 10.9 Å². The molecule has 0 saturated carbocycles. The predicted molar refractivity (Wildman–Crippen MR) is 106 cm³/mol. The topological polar surface area (TPSA) is 68.0 Å². The van der Waals surface area contributed by atoms with E-state index in [0.717, 1.165) is 33.9 Å². The summed E-state index contributed by atoms with van der Waals surface area (Å²) in [6.07, 6.45) is -4.58. The van der Waals surface area contributed by atoms with Crippen molar-refractivity contribution >= 4 is 49.7 Å². The van der Waals surface area contributed by atoms with Crippen molar-refractivity contribution < 1.29 is 18.0 Å². The molecule has 2 aromatic heterocycles. The monoisotopic (exact) mass is 401 g/mol. The zero-order chi connectivity index (χ0) is 20.1. The number of halogens is 3. The quantitative estimate of drug-likeness (QED) is 0.459. The average molecular weight is 401 g/mol. The zero-order valence-corrected chi connectivity index (χ0v) is 15.4. The highest BCUT2D eigenvalue weighted by atomic mass is 32.1. The maximum absolute atomic E-state index is 13.2. The second-order valence-corrected chi connectivity index (χ2v) is 7.38. The van der Waals surface area contributed by atoms with Gasteiger partial charge in [-0.05, 0) is 36.8 Å². The molecule has 1 amide bonds. The molecule has 0 aliphatic heterocycles. The number of anilines is 2. The van der Waals surface area contributed by atoms with Crippen LogP contribution in [-0.2, 0) is 6.18 Å². The van der Waals surface area contributed by atoms with E-state index in [9.17, 15) is 18.0 Å². The fourth-order valence-electron chi connectivity index (χ4n) is 2.99. The summed E-state index contributed by atoms with van der Waals surface area (Å²) >= 11 is 1.06. The van der Waals surface area contributed by atoms with E-state index >= 15 is 0 Å². The maximum atomic E-state index is 13.2. The first-order chi connectivity index (χ1) is 13.2. The zero-order valence-electron chi connectivity index (χ0n) is 14.6. The van der Waals surface area contributed by atoms with Crippen molar-refractivity contribution in [3.8, 4) is 0 Å². The molecular formula is C20H14F3N3OS. The lowest BCUT2D eigenvalue weighted by Gasteiger charge is -2.13. The van der Waals surface area contributed by atoms with E-state index in [-0.39, 0.29) is 16.3 Å². The Kier molecular flexibility index (Phi) is 4.23. The number of aryl methyl sites for hydroxylation is 1. The molecule has 0 bridgehead atoms. The molecule has 2 heterocycles. The van der Waals surface area contributed by atoms with Gasteiger partial charge in [-0.15, -0.1) is 11.3 Å². The van der Waals surface area contributed by atoms with Gasteiger partial charge in [0, 0.05) is 10.8 Å². The van der Waals surface area contributed by atoms with Gasteiger partial charge in [-0.1, -0.05) is 24.3 Å². The molecule has 142 valence electrons. The normalized spacial score (nSPS) is 11.9. The number of fused-ring (bicyclic) bond motifs is 2. The number of carbonyl (C=O) groups excluding carboxylic acids is 1. The number of rotatable bonds is 2. The lowest BCUT2D eigenvalue weighted by Crippen LogP contribution is -2.16. The summed E-state index contributed by atoms with van der Waals surface area (Å²) in [5.74, 6) is -0.697. The minimum Gasteiger partial charge on any atom is -0.397 e. The molecule has 0 spiro atoms. The first-order valence-corrected chi connectivity index (χ1v) is 9.12. The van der Waals surface area contributed by atoms with E-state index in [2.05, 4.69) is 10.3 Å². The molecule has 0 aliphatic carbocycles. The summed E-state index contributed by atoms with van der Waals surface area (Å²) in [4.78, 5) is 17.9. The minimum absolute atomic E-state index is 0.131. The Morgan fingerprint density at radius 1 is 1.14 bits per heavy atom. The van der Waals surface area contributed by atoms with Crippen LogP contribution in [0.5, 0.6) is 0 Å². The highest BCUT2D eigenvalue weighted by molar-refractivity contribution is 7.21. The van der Waals surface area contributed by atoms with E-state index in [1.54, 1.807) is 0 Å². The molecule has 0 radical (unpaired) electrons. The predicted octanol–water partition coefficient (Wildman–Crippen LogP) is 5.61. The van der Waals surface area contributed by atoms with Crippen molar-refractivity contribution in [2.45, 2.75) is 13.1 Å². The van der Waals surface area contributed by atoms with E-state index in [0.29, 0.717) is 10.2 Å². The number of nitrogens with one attached hydrogen (secondary N) is 1. The number of nitrogens with two attached hydrogens (primary N) is 1. The molecular weight excluding hydrogens is 387 g/mol. The number of hydrogen-bond donors (Lipinski definition) is 2. The number of hydrogen-bond acceptors (Lipinski definition) is 4. The van der Waals surface area contributed by atoms with Crippen LogP contribution in [0, 0.1) is 6.92 Å². The minimum atomic E-state index is -4.58. The van der Waals surface area contributed by atoms with Crippen LogP contribution in [0.2, 0.25) is 0 Å². The van der Waals surface area contributed by atoms with Gasteiger partial charge in [0.05, 0.1) is 22.5 Å².